The van der Waals surface area contributed by atoms with E-state index in [0.29, 0.717) is 13.1 Å². The quantitative estimate of drug-likeness (QED) is 0.838. The van der Waals surface area contributed by atoms with Gasteiger partial charge in [-0.1, -0.05) is 6.08 Å². The molecular weight excluding hydrogens is 304 g/mol. The Labute approximate surface area is 142 Å². The van der Waals surface area contributed by atoms with Crippen molar-refractivity contribution < 1.29 is 4.79 Å². The van der Waals surface area contributed by atoms with Gasteiger partial charge in [0.05, 0.1) is 12.2 Å². The number of rotatable bonds is 4. The Kier molecular flexibility index (Phi) is 5.14. The molecule has 1 aromatic rings. The van der Waals surface area contributed by atoms with Gasteiger partial charge in [0, 0.05) is 44.9 Å². The number of carbonyl (C=O) groups is 1. The highest BCUT2D eigenvalue weighted by molar-refractivity contribution is 5.80. The van der Waals surface area contributed by atoms with Crippen LogP contribution in [0, 0.1) is 0 Å². The minimum atomic E-state index is -0.0931. The van der Waals surface area contributed by atoms with Gasteiger partial charge in [-0.3, -0.25) is 14.5 Å². The Morgan fingerprint density at radius 3 is 2.88 bits per heavy atom. The smallest absolute Gasteiger partial charge is 0.266 e. The van der Waals surface area contributed by atoms with Crippen molar-refractivity contribution in [2.75, 3.05) is 19.6 Å². The van der Waals surface area contributed by atoms with Crippen molar-refractivity contribution in [2.24, 2.45) is 7.05 Å². The van der Waals surface area contributed by atoms with Crippen molar-refractivity contribution in [3.63, 3.8) is 0 Å². The first-order valence-corrected chi connectivity index (χ1v) is 8.86. The Morgan fingerprint density at radius 2 is 2.17 bits per heavy atom. The summed E-state index contributed by atoms with van der Waals surface area (Å²) in [6.07, 6.45) is 7.46. The van der Waals surface area contributed by atoms with E-state index in [-0.39, 0.29) is 11.5 Å². The summed E-state index contributed by atoms with van der Waals surface area (Å²) in [7, 11) is 1.68. The molecule has 2 aliphatic rings. The first-order valence-electron chi connectivity index (χ1n) is 8.86. The molecule has 0 spiro atoms. The molecule has 2 heterocycles. The van der Waals surface area contributed by atoms with Crippen LogP contribution in [-0.4, -0.2) is 45.1 Å². The van der Waals surface area contributed by atoms with E-state index in [1.54, 1.807) is 13.1 Å². The van der Waals surface area contributed by atoms with E-state index in [1.165, 1.54) is 23.2 Å². The van der Waals surface area contributed by atoms with Crippen LogP contribution in [0.3, 0.4) is 0 Å². The van der Waals surface area contributed by atoms with Crippen LogP contribution < -0.4 is 5.56 Å². The minimum Gasteiger partial charge on any atom is -0.316 e. The number of aryl methyl sites for hydroxylation is 1. The number of hydrogen-bond acceptors (Lipinski definition) is 4. The average molecular weight is 330 g/mol. The monoisotopic (exact) mass is 330 g/mol. The molecule has 0 aromatic carbocycles. The molecule has 0 atom stereocenters. The minimum absolute atomic E-state index is 0.0931. The van der Waals surface area contributed by atoms with Crippen LogP contribution in [0.1, 0.15) is 43.9 Å². The van der Waals surface area contributed by atoms with Gasteiger partial charge in [-0.05, 0) is 38.2 Å². The maximum atomic E-state index is 12.7. The zero-order valence-corrected chi connectivity index (χ0v) is 14.6. The summed E-state index contributed by atoms with van der Waals surface area (Å²) in [5.41, 5.74) is 3.02. The second-order valence-corrected chi connectivity index (χ2v) is 6.62. The molecule has 1 amide bonds. The predicted molar refractivity (Wildman–Crippen MR) is 92.4 cm³/mol. The van der Waals surface area contributed by atoms with Crippen LogP contribution in [0.25, 0.3) is 0 Å². The molecule has 0 unspecified atom stereocenters. The van der Waals surface area contributed by atoms with Crippen molar-refractivity contribution in [2.45, 2.75) is 45.6 Å². The Morgan fingerprint density at radius 1 is 1.33 bits per heavy atom. The highest BCUT2D eigenvalue weighted by atomic mass is 16.2. The second-order valence-electron chi connectivity index (χ2n) is 6.62. The molecule has 6 nitrogen and oxygen atoms in total. The summed E-state index contributed by atoms with van der Waals surface area (Å²) in [6, 6.07) is 1.65. The molecule has 0 bridgehead atoms. The van der Waals surface area contributed by atoms with E-state index in [2.05, 4.69) is 16.1 Å². The van der Waals surface area contributed by atoms with Crippen LogP contribution in [0.15, 0.2) is 22.6 Å². The molecule has 6 heteroatoms. The Bertz CT molecular complexity index is 707. The SMILES string of the molecule is CCN(C(=O)CN1CCc2nn(C)c(=O)cc2C1)C1=CCCCC1. The van der Waals surface area contributed by atoms with Crippen LogP contribution >= 0.6 is 0 Å². The molecule has 1 aliphatic carbocycles. The van der Waals surface area contributed by atoms with Crippen LogP contribution in [0.2, 0.25) is 0 Å². The van der Waals surface area contributed by atoms with Crippen molar-refractivity contribution >= 4 is 5.91 Å². The van der Waals surface area contributed by atoms with Crippen molar-refractivity contribution in [1.29, 1.82) is 0 Å². The lowest BCUT2D eigenvalue weighted by Gasteiger charge is -2.31. The van der Waals surface area contributed by atoms with E-state index >= 15 is 0 Å². The van der Waals surface area contributed by atoms with Gasteiger partial charge >= 0.3 is 0 Å². The average Bonchev–Trinajstić information content (AvgIpc) is 2.58. The van der Waals surface area contributed by atoms with Gasteiger partial charge in [-0.25, -0.2) is 4.68 Å². The fraction of sp³-hybridized carbons (Fsp3) is 0.611. The fourth-order valence-electron chi connectivity index (χ4n) is 3.57. The highest BCUT2D eigenvalue weighted by Gasteiger charge is 2.24. The fourth-order valence-corrected chi connectivity index (χ4v) is 3.57. The topological polar surface area (TPSA) is 58.4 Å². The number of carbonyl (C=O) groups excluding carboxylic acids is 1. The van der Waals surface area contributed by atoms with Crippen molar-refractivity contribution in [3.05, 3.63) is 39.5 Å². The first kappa shape index (κ1) is 16.9. The van der Waals surface area contributed by atoms with E-state index in [0.717, 1.165) is 43.6 Å². The standard InChI is InChI=1S/C18H26N4O2/c1-3-22(15-7-5-4-6-8-15)18(24)13-21-10-9-16-14(12-21)11-17(23)20(2)19-16/h7,11H,3-6,8-10,12-13H2,1-2H3. The van der Waals surface area contributed by atoms with E-state index < -0.39 is 0 Å². The van der Waals surface area contributed by atoms with Gasteiger partial charge in [0.15, 0.2) is 0 Å². The molecule has 3 rings (SSSR count). The highest BCUT2D eigenvalue weighted by Crippen LogP contribution is 2.22. The molecule has 0 saturated heterocycles. The van der Waals surface area contributed by atoms with Crippen LogP contribution in [-0.2, 0) is 24.8 Å². The zero-order chi connectivity index (χ0) is 17.1. The molecular formula is C18H26N4O2. The zero-order valence-electron chi connectivity index (χ0n) is 14.6. The van der Waals surface area contributed by atoms with Gasteiger partial charge in [0.25, 0.3) is 5.56 Å². The number of fused-ring (bicyclic) bond motifs is 1. The van der Waals surface area contributed by atoms with Gasteiger partial charge < -0.3 is 4.90 Å². The van der Waals surface area contributed by atoms with E-state index in [4.69, 9.17) is 0 Å². The third-order valence-electron chi connectivity index (χ3n) is 4.91. The second kappa shape index (κ2) is 7.30. The van der Waals surface area contributed by atoms with E-state index in [9.17, 15) is 9.59 Å². The summed E-state index contributed by atoms with van der Waals surface area (Å²) in [6.45, 7) is 4.59. The first-order chi connectivity index (χ1) is 11.6. The lowest BCUT2D eigenvalue weighted by molar-refractivity contribution is -0.130. The number of aromatic nitrogens is 2. The lowest BCUT2D eigenvalue weighted by Crippen LogP contribution is -2.42. The van der Waals surface area contributed by atoms with Crippen molar-refractivity contribution in [1.82, 2.24) is 19.6 Å². The lowest BCUT2D eigenvalue weighted by atomic mass is 10.0. The number of likely N-dealkylation sites (N-methyl/N-ethyl adjacent to an activating group) is 1. The maximum Gasteiger partial charge on any atom is 0.266 e. The molecule has 130 valence electrons. The molecule has 0 radical (unpaired) electrons. The molecule has 0 N–H and O–H groups in total. The summed E-state index contributed by atoms with van der Waals surface area (Å²) < 4.78 is 1.38. The summed E-state index contributed by atoms with van der Waals surface area (Å²) in [4.78, 5) is 28.6. The summed E-state index contributed by atoms with van der Waals surface area (Å²) in [5.74, 6) is 0.158. The largest absolute Gasteiger partial charge is 0.316 e. The summed E-state index contributed by atoms with van der Waals surface area (Å²) in [5, 5.41) is 4.32. The van der Waals surface area contributed by atoms with Gasteiger partial charge in [-0.15, -0.1) is 0 Å². The van der Waals surface area contributed by atoms with Gasteiger partial charge in [-0.2, -0.15) is 5.10 Å². The number of amides is 1. The molecule has 24 heavy (non-hydrogen) atoms. The third kappa shape index (κ3) is 3.59. The predicted octanol–water partition coefficient (Wildman–Crippen LogP) is 1.44. The summed E-state index contributed by atoms with van der Waals surface area (Å²) >= 11 is 0. The van der Waals surface area contributed by atoms with Crippen LogP contribution in [0.4, 0.5) is 0 Å². The molecule has 0 saturated carbocycles. The molecule has 1 aromatic heterocycles. The Hall–Kier alpha value is -1.95. The maximum absolute atomic E-state index is 12.7. The number of hydrogen-bond donors (Lipinski definition) is 0. The molecule has 0 fully saturated rings. The number of nitrogens with zero attached hydrogens (tertiary/aromatic N) is 4. The third-order valence-corrected chi connectivity index (χ3v) is 4.91. The van der Waals surface area contributed by atoms with Gasteiger partial charge in [0.2, 0.25) is 5.91 Å². The van der Waals surface area contributed by atoms with Gasteiger partial charge in [0.1, 0.15) is 0 Å². The normalized spacial score (nSPS) is 18.0. The van der Waals surface area contributed by atoms with Crippen LogP contribution in [0.5, 0.6) is 0 Å². The number of allylic oxidation sites excluding steroid dienone is 2. The Balaban J connectivity index is 1.67. The molecule has 1 aliphatic heterocycles. The van der Waals surface area contributed by atoms with Crippen molar-refractivity contribution in [3.8, 4) is 0 Å². The van der Waals surface area contributed by atoms with E-state index in [1.807, 2.05) is 11.8 Å².